The number of hydrogen-bond acceptors (Lipinski definition) is 4. The van der Waals surface area contributed by atoms with E-state index in [0.717, 1.165) is 24.2 Å². The van der Waals surface area contributed by atoms with E-state index in [9.17, 15) is 4.79 Å². The van der Waals surface area contributed by atoms with Crippen LogP contribution in [-0.4, -0.2) is 48.6 Å². The molecule has 1 aromatic carbocycles. The summed E-state index contributed by atoms with van der Waals surface area (Å²) in [6.07, 6.45) is 3.58. The lowest BCUT2D eigenvalue weighted by Gasteiger charge is -2.34. The first-order valence-corrected chi connectivity index (χ1v) is 9.27. The van der Waals surface area contributed by atoms with E-state index in [2.05, 4.69) is 15.2 Å². The van der Waals surface area contributed by atoms with Crippen LogP contribution in [0.1, 0.15) is 27.5 Å². The standard InChI is InChI=1S/C19H21Cl2N3O2/c1-13-16(20)9-15(10-17(13)21)19(25)23-12-18(14-3-2-4-22-11-14)24-5-7-26-8-6-24/h2-4,9-11,18H,5-8,12H2,1H3,(H,23,25)/t18-/m1/s1. The summed E-state index contributed by atoms with van der Waals surface area (Å²) >= 11 is 12.3. The zero-order chi connectivity index (χ0) is 18.5. The molecule has 1 N–H and O–H groups in total. The second-order valence-electron chi connectivity index (χ2n) is 6.23. The van der Waals surface area contributed by atoms with Gasteiger partial charge in [-0.3, -0.25) is 14.7 Å². The Balaban J connectivity index is 1.74. The van der Waals surface area contributed by atoms with Crippen LogP contribution in [0, 0.1) is 6.92 Å². The third-order valence-electron chi connectivity index (χ3n) is 4.55. The van der Waals surface area contributed by atoms with E-state index in [1.807, 2.05) is 25.3 Å². The summed E-state index contributed by atoms with van der Waals surface area (Å²) in [6.45, 7) is 5.30. The molecule has 1 aliphatic rings. The fourth-order valence-corrected chi connectivity index (χ4v) is 3.47. The number of nitrogens with zero attached hydrogens (tertiary/aromatic N) is 2. The first-order chi connectivity index (χ1) is 12.6. The van der Waals surface area contributed by atoms with Crippen LogP contribution in [0.3, 0.4) is 0 Å². The average Bonchev–Trinajstić information content (AvgIpc) is 2.67. The fraction of sp³-hybridized carbons (Fsp3) is 0.368. The number of morpholine rings is 1. The number of carbonyl (C=O) groups is 1. The molecular weight excluding hydrogens is 373 g/mol. The molecule has 1 saturated heterocycles. The van der Waals surface area contributed by atoms with Crippen LogP contribution >= 0.6 is 23.2 Å². The number of benzene rings is 1. The van der Waals surface area contributed by atoms with Gasteiger partial charge in [-0.2, -0.15) is 0 Å². The number of pyridine rings is 1. The molecule has 1 aromatic heterocycles. The first-order valence-electron chi connectivity index (χ1n) is 8.52. The highest BCUT2D eigenvalue weighted by Crippen LogP contribution is 2.26. The van der Waals surface area contributed by atoms with Gasteiger partial charge in [0.05, 0.1) is 19.3 Å². The van der Waals surface area contributed by atoms with Crippen molar-refractivity contribution in [3.63, 3.8) is 0 Å². The van der Waals surface area contributed by atoms with E-state index in [1.165, 1.54) is 0 Å². The Morgan fingerprint density at radius 2 is 2.00 bits per heavy atom. The fourth-order valence-electron chi connectivity index (χ4n) is 2.99. The summed E-state index contributed by atoms with van der Waals surface area (Å²) in [5, 5.41) is 3.97. The molecule has 3 rings (SSSR count). The number of hydrogen-bond donors (Lipinski definition) is 1. The SMILES string of the molecule is Cc1c(Cl)cc(C(=O)NC[C@H](c2cccnc2)N2CCOCC2)cc1Cl. The number of nitrogens with one attached hydrogen (secondary N) is 1. The lowest BCUT2D eigenvalue weighted by molar-refractivity contribution is 0.0161. The highest BCUT2D eigenvalue weighted by Gasteiger charge is 2.23. The van der Waals surface area contributed by atoms with Gasteiger partial charge in [-0.1, -0.05) is 29.3 Å². The maximum atomic E-state index is 12.6. The van der Waals surface area contributed by atoms with Crippen LogP contribution in [0.5, 0.6) is 0 Å². The Bertz CT molecular complexity index is 742. The van der Waals surface area contributed by atoms with Crippen LogP contribution in [0.25, 0.3) is 0 Å². The lowest BCUT2D eigenvalue weighted by atomic mass is 10.1. The highest BCUT2D eigenvalue weighted by atomic mass is 35.5. The summed E-state index contributed by atoms with van der Waals surface area (Å²) < 4.78 is 5.44. The van der Waals surface area contributed by atoms with Gasteiger partial charge in [-0.15, -0.1) is 0 Å². The van der Waals surface area contributed by atoms with Crippen LogP contribution < -0.4 is 5.32 Å². The Hall–Kier alpha value is -1.66. The molecule has 1 aliphatic heterocycles. The Labute approximate surface area is 163 Å². The molecule has 2 aromatic rings. The molecule has 5 nitrogen and oxygen atoms in total. The van der Waals surface area contributed by atoms with Crippen LogP contribution in [0.2, 0.25) is 10.0 Å². The zero-order valence-corrected chi connectivity index (χ0v) is 16.1. The van der Waals surface area contributed by atoms with Gasteiger partial charge >= 0.3 is 0 Å². The summed E-state index contributed by atoms with van der Waals surface area (Å²) in [5.74, 6) is -0.198. The normalized spacial score (nSPS) is 16.3. The van der Waals surface area contributed by atoms with Crippen LogP contribution in [0.15, 0.2) is 36.7 Å². The van der Waals surface area contributed by atoms with Gasteiger partial charge in [0.2, 0.25) is 0 Å². The molecule has 138 valence electrons. The van der Waals surface area contributed by atoms with Crippen molar-refractivity contribution in [3.8, 4) is 0 Å². The number of ether oxygens (including phenoxy) is 1. The van der Waals surface area contributed by atoms with Crippen molar-refractivity contribution in [2.75, 3.05) is 32.8 Å². The predicted octanol–water partition coefficient (Wildman–Crippen LogP) is 3.50. The maximum Gasteiger partial charge on any atom is 0.251 e. The van der Waals surface area contributed by atoms with E-state index in [0.29, 0.717) is 35.4 Å². The lowest BCUT2D eigenvalue weighted by Crippen LogP contribution is -2.43. The van der Waals surface area contributed by atoms with Gasteiger partial charge < -0.3 is 10.1 Å². The number of halogens is 2. The second-order valence-corrected chi connectivity index (χ2v) is 7.04. The van der Waals surface area contributed by atoms with Crippen molar-refractivity contribution in [3.05, 3.63) is 63.4 Å². The summed E-state index contributed by atoms with van der Waals surface area (Å²) in [6, 6.07) is 7.26. The Morgan fingerprint density at radius 3 is 2.62 bits per heavy atom. The van der Waals surface area contributed by atoms with Gasteiger partial charge in [-0.05, 0) is 36.2 Å². The van der Waals surface area contributed by atoms with Crippen LogP contribution in [0.4, 0.5) is 0 Å². The minimum absolute atomic E-state index is 0.0351. The molecule has 7 heteroatoms. The molecule has 26 heavy (non-hydrogen) atoms. The van der Waals surface area contributed by atoms with Crippen molar-refractivity contribution in [2.45, 2.75) is 13.0 Å². The van der Waals surface area contributed by atoms with Crippen molar-refractivity contribution in [1.82, 2.24) is 15.2 Å². The van der Waals surface area contributed by atoms with Crippen molar-refractivity contribution >= 4 is 29.1 Å². The van der Waals surface area contributed by atoms with Crippen molar-refractivity contribution in [1.29, 1.82) is 0 Å². The third-order valence-corrected chi connectivity index (χ3v) is 5.34. The molecule has 0 spiro atoms. The molecule has 2 heterocycles. The maximum absolute atomic E-state index is 12.6. The summed E-state index contributed by atoms with van der Waals surface area (Å²) in [5.41, 5.74) is 2.29. The van der Waals surface area contributed by atoms with Crippen molar-refractivity contribution in [2.24, 2.45) is 0 Å². The summed E-state index contributed by atoms with van der Waals surface area (Å²) in [7, 11) is 0. The largest absolute Gasteiger partial charge is 0.379 e. The number of aromatic nitrogens is 1. The average molecular weight is 394 g/mol. The van der Waals surface area contributed by atoms with Gasteiger partial charge in [0, 0.05) is 47.6 Å². The number of carbonyl (C=O) groups excluding carboxylic acids is 1. The van der Waals surface area contributed by atoms with Gasteiger partial charge in [0.15, 0.2) is 0 Å². The van der Waals surface area contributed by atoms with E-state index in [-0.39, 0.29) is 11.9 Å². The quantitative estimate of drug-likeness (QED) is 0.844. The molecule has 0 aliphatic carbocycles. The van der Waals surface area contributed by atoms with E-state index < -0.39 is 0 Å². The molecular formula is C19H21Cl2N3O2. The number of amides is 1. The van der Waals surface area contributed by atoms with E-state index in [1.54, 1.807) is 18.3 Å². The topological polar surface area (TPSA) is 54.5 Å². The van der Waals surface area contributed by atoms with E-state index >= 15 is 0 Å². The Morgan fingerprint density at radius 1 is 1.31 bits per heavy atom. The zero-order valence-electron chi connectivity index (χ0n) is 14.5. The van der Waals surface area contributed by atoms with Gasteiger partial charge in [0.25, 0.3) is 5.91 Å². The molecule has 0 radical (unpaired) electrons. The molecule has 0 unspecified atom stereocenters. The molecule has 0 saturated carbocycles. The third kappa shape index (κ3) is 4.54. The highest BCUT2D eigenvalue weighted by molar-refractivity contribution is 6.36. The Kier molecular flexibility index (Phi) is 6.48. The van der Waals surface area contributed by atoms with Gasteiger partial charge in [0.1, 0.15) is 0 Å². The summed E-state index contributed by atoms with van der Waals surface area (Å²) in [4.78, 5) is 19.1. The van der Waals surface area contributed by atoms with Crippen molar-refractivity contribution < 1.29 is 9.53 Å². The number of rotatable bonds is 5. The van der Waals surface area contributed by atoms with Crippen LogP contribution in [-0.2, 0) is 4.74 Å². The predicted molar refractivity (Wildman–Crippen MR) is 103 cm³/mol. The molecule has 1 fully saturated rings. The minimum atomic E-state index is -0.198. The minimum Gasteiger partial charge on any atom is -0.379 e. The second kappa shape index (κ2) is 8.82. The van der Waals surface area contributed by atoms with Gasteiger partial charge in [-0.25, -0.2) is 0 Å². The van der Waals surface area contributed by atoms with E-state index in [4.69, 9.17) is 27.9 Å². The molecule has 1 atom stereocenters. The monoisotopic (exact) mass is 393 g/mol. The first kappa shape index (κ1) is 19.1. The molecule has 1 amide bonds. The smallest absolute Gasteiger partial charge is 0.251 e. The molecule has 0 bridgehead atoms.